The minimum atomic E-state index is -0.604. The van der Waals surface area contributed by atoms with E-state index in [-0.39, 0.29) is 12.5 Å². The normalized spacial score (nSPS) is 10.5. The molecule has 1 amide bonds. The second kappa shape index (κ2) is 11.5. The number of amides is 1. The molecule has 0 aromatic heterocycles. The van der Waals surface area contributed by atoms with Gasteiger partial charge in [-0.1, -0.05) is 18.2 Å². The fourth-order valence-electron chi connectivity index (χ4n) is 2.63. The number of methoxy groups -OCH3 is 2. The molecule has 0 aliphatic heterocycles. The standard InChI is InChI=1S/C23H27NO6/c1-5-29-19-10-6-18(7-11-19)15-24(2)22(25)16-30-23(26)13-9-17-8-12-20(27-3)21(14-17)28-4/h6-14H,5,15-16H2,1-4H3/b13-9+. The zero-order valence-corrected chi connectivity index (χ0v) is 17.7. The van der Waals surface area contributed by atoms with Crippen molar-refractivity contribution in [2.24, 2.45) is 0 Å². The maximum absolute atomic E-state index is 12.2. The lowest BCUT2D eigenvalue weighted by atomic mass is 10.2. The van der Waals surface area contributed by atoms with Crippen LogP contribution in [-0.4, -0.2) is 51.3 Å². The summed E-state index contributed by atoms with van der Waals surface area (Å²) in [7, 11) is 4.75. The van der Waals surface area contributed by atoms with Crippen LogP contribution in [-0.2, 0) is 20.9 Å². The van der Waals surface area contributed by atoms with Gasteiger partial charge in [-0.05, 0) is 48.4 Å². The summed E-state index contributed by atoms with van der Waals surface area (Å²) in [6, 6.07) is 12.8. The Morgan fingerprint density at radius 3 is 2.33 bits per heavy atom. The molecule has 2 aromatic rings. The molecule has 160 valence electrons. The predicted molar refractivity (Wildman–Crippen MR) is 114 cm³/mol. The molecule has 0 saturated heterocycles. The molecule has 0 unspecified atom stereocenters. The number of carbonyl (C=O) groups excluding carboxylic acids is 2. The van der Waals surface area contributed by atoms with Crippen molar-refractivity contribution in [1.82, 2.24) is 4.90 Å². The zero-order chi connectivity index (χ0) is 21.9. The van der Waals surface area contributed by atoms with E-state index in [2.05, 4.69) is 0 Å². The van der Waals surface area contributed by atoms with Gasteiger partial charge in [0.25, 0.3) is 5.91 Å². The molecular formula is C23H27NO6. The van der Waals surface area contributed by atoms with Gasteiger partial charge >= 0.3 is 5.97 Å². The minimum absolute atomic E-state index is 0.295. The largest absolute Gasteiger partial charge is 0.494 e. The third kappa shape index (κ3) is 6.84. The van der Waals surface area contributed by atoms with E-state index < -0.39 is 5.97 Å². The van der Waals surface area contributed by atoms with Crippen molar-refractivity contribution in [3.05, 3.63) is 59.7 Å². The van der Waals surface area contributed by atoms with E-state index in [1.807, 2.05) is 31.2 Å². The van der Waals surface area contributed by atoms with Gasteiger partial charge in [0.05, 0.1) is 20.8 Å². The predicted octanol–water partition coefficient (Wildman–Crippen LogP) is 3.32. The number of rotatable bonds is 10. The Kier molecular flexibility index (Phi) is 8.75. The van der Waals surface area contributed by atoms with E-state index >= 15 is 0 Å². The monoisotopic (exact) mass is 413 g/mol. The summed E-state index contributed by atoms with van der Waals surface area (Å²) < 4.78 is 20.8. The Bertz CT molecular complexity index is 876. The maximum Gasteiger partial charge on any atom is 0.331 e. The van der Waals surface area contributed by atoms with Crippen LogP contribution in [0.3, 0.4) is 0 Å². The fourth-order valence-corrected chi connectivity index (χ4v) is 2.63. The number of carbonyl (C=O) groups is 2. The molecule has 0 fully saturated rings. The second-order valence-electron chi connectivity index (χ2n) is 6.38. The van der Waals surface area contributed by atoms with Gasteiger partial charge in [0.15, 0.2) is 18.1 Å². The van der Waals surface area contributed by atoms with E-state index in [4.69, 9.17) is 18.9 Å². The van der Waals surface area contributed by atoms with Gasteiger partial charge in [0.1, 0.15) is 5.75 Å². The molecule has 7 nitrogen and oxygen atoms in total. The Hall–Kier alpha value is -3.48. The lowest BCUT2D eigenvalue weighted by Gasteiger charge is -2.17. The van der Waals surface area contributed by atoms with Gasteiger partial charge in [0, 0.05) is 19.7 Å². The van der Waals surface area contributed by atoms with E-state index in [1.54, 1.807) is 38.4 Å². The first kappa shape index (κ1) is 22.8. The van der Waals surface area contributed by atoms with Crippen LogP contribution in [0.15, 0.2) is 48.5 Å². The number of hydrogen-bond acceptors (Lipinski definition) is 6. The number of likely N-dealkylation sites (N-methyl/N-ethyl adjacent to an activating group) is 1. The molecule has 0 bridgehead atoms. The molecule has 0 aliphatic carbocycles. The lowest BCUT2D eigenvalue weighted by Crippen LogP contribution is -2.30. The fraction of sp³-hybridized carbons (Fsp3) is 0.304. The number of esters is 1. The Morgan fingerprint density at radius 1 is 1.00 bits per heavy atom. The van der Waals surface area contributed by atoms with Gasteiger partial charge in [-0.25, -0.2) is 4.79 Å². The highest BCUT2D eigenvalue weighted by molar-refractivity contribution is 5.89. The van der Waals surface area contributed by atoms with Crippen LogP contribution in [0, 0.1) is 0 Å². The highest BCUT2D eigenvalue weighted by atomic mass is 16.5. The Balaban J connectivity index is 1.83. The molecule has 0 atom stereocenters. The summed E-state index contributed by atoms with van der Waals surface area (Å²) in [5.41, 5.74) is 1.69. The zero-order valence-electron chi connectivity index (χ0n) is 17.7. The van der Waals surface area contributed by atoms with Crippen LogP contribution >= 0.6 is 0 Å². The third-order valence-corrected chi connectivity index (χ3v) is 4.24. The van der Waals surface area contributed by atoms with E-state index in [0.717, 1.165) is 16.9 Å². The van der Waals surface area contributed by atoms with Gasteiger partial charge in [-0.15, -0.1) is 0 Å². The summed E-state index contributed by atoms with van der Waals surface area (Å²) in [6.07, 6.45) is 2.85. The van der Waals surface area contributed by atoms with Crippen LogP contribution in [0.2, 0.25) is 0 Å². The SMILES string of the molecule is CCOc1ccc(CN(C)C(=O)COC(=O)/C=C/c2ccc(OC)c(OC)c2)cc1. The van der Waals surface area contributed by atoms with Crippen molar-refractivity contribution < 1.29 is 28.5 Å². The van der Waals surface area contributed by atoms with Crippen molar-refractivity contribution in [2.45, 2.75) is 13.5 Å². The van der Waals surface area contributed by atoms with E-state index in [0.29, 0.717) is 24.7 Å². The molecule has 0 heterocycles. The molecule has 0 saturated carbocycles. The maximum atomic E-state index is 12.2. The molecule has 7 heteroatoms. The average Bonchev–Trinajstić information content (AvgIpc) is 2.77. The van der Waals surface area contributed by atoms with Gasteiger partial charge in [-0.2, -0.15) is 0 Å². The molecule has 0 spiro atoms. The first-order valence-corrected chi connectivity index (χ1v) is 9.49. The number of nitrogens with zero attached hydrogens (tertiary/aromatic N) is 1. The molecule has 2 rings (SSSR count). The summed E-state index contributed by atoms with van der Waals surface area (Å²) in [5, 5.41) is 0. The van der Waals surface area contributed by atoms with Crippen molar-refractivity contribution in [2.75, 3.05) is 34.5 Å². The third-order valence-electron chi connectivity index (χ3n) is 4.24. The quantitative estimate of drug-likeness (QED) is 0.439. The molecule has 0 N–H and O–H groups in total. The topological polar surface area (TPSA) is 74.3 Å². The summed E-state index contributed by atoms with van der Waals surface area (Å²) in [5.74, 6) is 1.03. The molecular weight excluding hydrogens is 386 g/mol. The van der Waals surface area contributed by atoms with Crippen LogP contribution < -0.4 is 14.2 Å². The Morgan fingerprint density at radius 2 is 1.70 bits per heavy atom. The lowest BCUT2D eigenvalue weighted by molar-refractivity contribution is -0.147. The first-order chi connectivity index (χ1) is 14.5. The van der Waals surface area contributed by atoms with Crippen LogP contribution in [0.4, 0.5) is 0 Å². The van der Waals surface area contributed by atoms with Crippen LogP contribution in [0.25, 0.3) is 6.08 Å². The van der Waals surface area contributed by atoms with Crippen molar-refractivity contribution in [3.63, 3.8) is 0 Å². The summed E-state index contributed by atoms with van der Waals surface area (Å²) in [4.78, 5) is 25.6. The summed E-state index contributed by atoms with van der Waals surface area (Å²) in [6.45, 7) is 2.60. The van der Waals surface area contributed by atoms with Crippen molar-refractivity contribution in [1.29, 1.82) is 0 Å². The first-order valence-electron chi connectivity index (χ1n) is 9.49. The molecule has 0 aliphatic rings. The number of ether oxygens (including phenoxy) is 4. The second-order valence-corrected chi connectivity index (χ2v) is 6.38. The molecule has 30 heavy (non-hydrogen) atoms. The number of hydrogen-bond donors (Lipinski definition) is 0. The highest BCUT2D eigenvalue weighted by Crippen LogP contribution is 2.27. The van der Waals surface area contributed by atoms with Crippen molar-refractivity contribution >= 4 is 18.0 Å². The smallest absolute Gasteiger partial charge is 0.331 e. The van der Waals surface area contributed by atoms with E-state index in [1.165, 1.54) is 18.1 Å². The average molecular weight is 413 g/mol. The van der Waals surface area contributed by atoms with E-state index in [9.17, 15) is 9.59 Å². The number of benzene rings is 2. The Labute approximate surface area is 176 Å². The van der Waals surface area contributed by atoms with Gasteiger partial charge in [-0.3, -0.25) is 4.79 Å². The minimum Gasteiger partial charge on any atom is -0.494 e. The van der Waals surface area contributed by atoms with Crippen LogP contribution in [0.5, 0.6) is 17.2 Å². The molecule has 2 aromatic carbocycles. The highest BCUT2D eigenvalue weighted by Gasteiger charge is 2.12. The van der Waals surface area contributed by atoms with Crippen molar-refractivity contribution in [3.8, 4) is 17.2 Å². The molecule has 0 radical (unpaired) electrons. The van der Waals surface area contributed by atoms with Gasteiger partial charge in [0.2, 0.25) is 0 Å². The van der Waals surface area contributed by atoms with Crippen LogP contribution in [0.1, 0.15) is 18.1 Å². The van der Waals surface area contributed by atoms with Gasteiger partial charge < -0.3 is 23.8 Å². The summed E-state index contributed by atoms with van der Waals surface area (Å²) >= 11 is 0.